The van der Waals surface area contributed by atoms with Gasteiger partial charge < -0.3 is 9.80 Å². The van der Waals surface area contributed by atoms with Gasteiger partial charge in [-0.25, -0.2) is 4.98 Å². The summed E-state index contributed by atoms with van der Waals surface area (Å²) in [5.74, 6) is 0.278. The fourth-order valence-corrected chi connectivity index (χ4v) is 5.42. The summed E-state index contributed by atoms with van der Waals surface area (Å²) in [6, 6.07) is 9.69. The van der Waals surface area contributed by atoms with E-state index in [0.29, 0.717) is 17.9 Å². The second-order valence-electron chi connectivity index (χ2n) is 11.0. The number of carbonyl (C=O) groups excluding carboxylic acids is 1. The second-order valence-corrected chi connectivity index (χ2v) is 11.4. The van der Waals surface area contributed by atoms with E-state index in [0.717, 1.165) is 32.7 Å². The van der Waals surface area contributed by atoms with Crippen molar-refractivity contribution >= 4 is 23.3 Å². The van der Waals surface area contributed by atoms with Gasteiger partial charge in [-0.15, -0.1) is 0 Å². The lowest BCUT2D eigenvalue weighted by Gasteiger charge is -2.35. The first kappa shape index (κ1) is 29.2. The molecular weight excluding hydrogens is 512 g/mol. The Morgan fingerprint density at radius 1 is 1.03 bits per heavy atom. The van der Waals surface area contributed by atoms with Crippen molar-refractivity contribution in [1.82, 2.24) is 30.1 Å². The van der Waals surface area contributed by atoms with Gasteiger partial charge in [-0.05, 0) is 69.1 Å². The van der Waals surface area contributed by atoms with Crippen molar-refractivity contribution in [2.75, 3.05) is 63.9 Å². The third kappa shape index (κ3) is 8.87. The molecule has 0 saturated carbocycles. The number of rotatable bonds is 11. The standard InChI is InChI=1S/C29H41ClN8O/c1-23(2)21-38(28-26(30)20-32-27(19-31)33-28)34-29(39)25-9-7-24(8-10-25)22-37-17-15-36(16-18-37)14-6-13-35-11-4-3-5-12-35/h7-10,20,23H,3-6,11-18,21-22H2,1-2H3,(H,34,39). The van der Waals surface area contributed by atoms with Crippen LogP contribution in [0.2, 0.25) is 5.02 Å². The zero-order chi connectivity index (χ0) is 27.6. The van der Waals surface area contributed by atoms with Gasteiger partial charge in [0.2, 0.25) is 5.82 Å². The van der Waals surface area contributed by atoms with Crippen LogP contribution in [-0.2, 0) is 6.54 Å². The summed E-state index contributed by atoms with van der Waals surface area (Å²) in [7, 11) is 0. The predicted octanol–water partition coefficient (Wildman–Crippen LogP) is 3.80. The molecule has 0 aliphatic carbocycles. The highest BCUT2D eigenvalue weighted by molar-refractivity contribution is 6.32. The van der Waals surface area contributed by atoms with E-state index in [-0.39, 0.29) is 22.7 Å². The molecule has 0 radical (unpaired) electrons. The first-order valence-electron chi connectivity index (χ1n) is 14.2. The maximum Gasteiger partial charge on any atom is 0.269 e. The molecule has 2 saturated heterocycles. The number of halogens is 1. The molecule has 1 aromatic heterocycles. The van der Waals surface area contributed by atoms with Crippen molar-refractivity contribution in [2.45, 2.75) is 46.1 Å². The summed E-state index contributed by atoms with van der Waals surface area (Å²) in [6.45, 7) is 14.8. The minimum Gasteiger partial charge on any atom is -0.303 e. The van der Waals surface area contributed by atoms with Gasteiger partial charge in [0.25, 0.3) is 5.91 Å². The zero-order valence-corrected chi connectivity index (χ0v) is 24.0. The van der Waals surface area contributed by atoms with E-state index in [9.17, 15) is 10.1 Å². The number of hydrogen-bond acceptors (Lipinski definition) is 8. The van der Waals surface area contributed by atoms with Gasteiger partial charge in [-0.1, -0.05) is 44.0 Å². The van der Waals surface area contributed by atoms with Crippen molar-refractivity contribution < 1.29 is 4.79 Å². The van der Waals surface area contributed by atoms with Crippen LogP contribution in [0.4, 0.5) is 5.82 Å². The molecule has 4 rings (SSSR count). The minimum atomic E-state index is -0.256. The first-order valence-corrected chi connectivity index (χ1v) is 14.6. The number of nitrogens with one attached hydrogen (secondary N) is 1. The van der Waals surface area contributed by atoms with Gasteiger partial charge in [0, 0.05) is 44.8 Å². The number of nitriles is 1. The van der Waals surface area contributed by atoms with E-state index < -0.39 is 0 Å². The molecule has 2 aliphatic rings. The van der Waals surface area contributed by atoms with Crippen LogP contribution >= 0.6 is 11.6 Å². The number of carbonyl (C=O) groups is 1. The van der Waals surface area contributed by atoms with Crippen LogP contribution in [-0.4, -0.2) is 89.5 Å². The van der Waals surface area contributed by atoms with Crippen molar-refractivity contribution in [3.05, 3.63) is 52.4 Å². The highest BCUT2D eigenvalue weighted by Gasteiger charge is 2.20. The predicted molar refractivity (Wildman–Crippen MR) is 154 cm³/mol. The van der Waals surface area contributed by atoms with E-state index >= 15 is 0 Å². The van der Waals surface area contributed by atoms with Crippen molar-refractivity contribution in [3.8, 4) is 6.07 Å². The summed E-state index contributed by atoms with van der Waals surface area (Å²) in [5, 5.41) is 11.0. The van der Waals surface area contributed by atoms with E-state index in [1.165, 1.54) is 63.6 Å². The number of likely N-dealkylation sites (tertiary alicyclic amines) is 1. The molecular formula is C29H41ClN8O. The molecule has 1 amide bonds. The number of amides is 1. The molecule has 210 valence electrons. The molecule has 10 heteroatoms. The third-order valence-electron chi connectivity index (χ3n) is 7.35. The Bertz CT molecular complexity index is 1110. The normalized spacial score (nSPS) is 17.2. The van der Waals surface area contributed by atoms with Crippen LogP contribution in [0.3, 0.4) is 0 Å². The quantitative estimate of drug-likeness (QED) is 0.421. The third-order valence-corrected chi connectivity index (χ3v) is 7.62. The Morgan fingerprint density at radius 3 is 2.31 bits per heavy atom. The lowest BCUT2D eigenvalue weighted by atomic mass is 10.1. The van der Waals surface area contributed by atoms with Gasteiger partial charge in [-0.2, -0.15) is 10.2 Å². The number of nitrogens with zero attached hydrogens (tertiary/aromatic N) is 7. The molecule has 1 aromatic carbocycles. The number of hydrogen-bond donors (Lipinski definition) is 1. The molecule has 2 aromatic rings. The number of benzene rings is 1. The van der Waals surface area contributed by atoms with Crippen LogP contribution in [0.15, 0.2) is 30.5 Å². The van der Waals surface area contributed by atoms with Crippen LogP contribution in [0.25, 0.3) is 0 Å². The Labute approximate surface area is 237 Å². The van der Waals surface area contributed by atoms with Crippen LogP contribution in [0.1, 0.15) is 61.3 Å². The van der Waals surface area contributed by atoms with Gasteiger partial charge in [0.15, 0.2) is 5.82 Å². The number of hydrazine groups is 1. The molecule has 1 N–H and O–H groups in total. The van der Waals surface area contributed by atoms with E-state index in [1.807, 2.05) is 44.2 Å². The summed E-state index contributed by atoms with van der Waals surface area (Å²) in [5.41, 5.74) is 4.66. The number of piperazine rings is 1. The fourth-order valence-electron chi connectivity index (χ4n) is 5.23. The molecule has 0 bridgehead atoms. The SMILES string of the molecule is CC(C)CN(NC(=O)c1ccc(CN2CCN(CCCN3CCCCC3)CC2)cc1)c1nc(C#N)ncc1Cl. The number of aromatic nitrogens is 2. The van der Waals surface area contributed by atoms with Gasteiger partial charge in [0.1, 0.15) is 11.1 Å². The van der Waals surface area contributed by atoms with Crippen molar-refractivity contribution in [1.29, 1.82) is 5.26 Å². The average Bonchev–Trinajstić information content (AvgIpc) is 2.94. The average molecular weight is 553 g/mol. The highest BCUT2D eigenvalue weighted by Crippen LogP contribution is 2.22. The van der Waals surface area contributed by atoms with Gasteiger partial charge in [0.05, 0.1) is 6.20 Å². The highest BCUT2D eigenvalue weighted by atomic mass is 35.5. The van der Waals surface area contributed by atoms with Crippen LogP contribution in [0.5, 0.6) is 0 Å². The topological polar surface area (TPSA) is 91.6 Å². The largest absolute Gasteiger partial charge is 0.303 e. The van der Waals surface area contributed by atoms with E-state index in [2.05, 4.69) is 30.1 Å². The van der Waals surface area contributed by atoms with Gasteiger partial charge >= 0.3 is 0 Å². The Hall–Kier alpha value is -2.77. The van der Waals surface area contributed by atoms with E-state index in [4.69, 9.17) is 11.6 Å². The summed E-state index contributed by atoms with van der Waals surface area (Å²) < 4.78 is 0. The molecule has 0 unspecified atom stereocenters. The number of piperidine rings is 1. The lowest BCUT2D eigenvalue weighted by Crippen LogP contribution is -2.46. The fraction of sp³-hybridized carbons (Fsp3) is 0.586. The molecule has 9 nitrogen and oxygen atoms in total. The molecule has 39 heavy (non-hydrogen) atoms. The van der Waals surface area contributed by atoms with Crippen LogP contribution < -0.4 is 10.4 Å². The van der Waals surface area contributed by atoms with Crippen molar-refractivity contribution in [2.24, 2.45) is 5.92 Å². The Kier molecular flexibility index (Phi) is 10.9. The minimum absolute atomic E-state index is 0.0000400. The summed E-state index contributed by atoms with van der Waals surface area (Å²) in [4.78, 5) is 28.9. The monoisotopic (exact) mass is 552 g/mol. The lowest BCUT2D eigenvalue weighted by molar-refractivity contribution is 0.0947. The smallest absolute Gasteiger partial charge is 0.269 e. The first-order chi connectivity index (χ1) is 18.9. The molecule has 0 atom stereocenters. The number of anilines is 1. The maximum absolute atomic E-state index is 13.1. The molecule has 0 spiro atoms. The molecule has 3 heterocycles. The second kappa shape index (κ2) is 14.6. The zero-order valence-electron chi connectivity index (χ0n) is 23.3. The summed E-state index contributed by atoms with van der Waals surface area (Å²) in [6.07, 6.45) is 6.77. The van der Waals surface area contributed by atoms with Gasteiger partial charge in [-0.3, -0.25) is 20.1 Å². The Morgan fingerprint density at radius 2 is 1.67 bits per heavy atom. The maximum atomic E-state index is 13.1. The van der Waals surface area contributed by atoms with Crippen LogP contribution in [0, 0.1) is 17.2 Å². The van der Waals surface area contributed by atoms with E-state index in [1.54, 1.807) is 5.01 Å². The summed E-state index contributed by atoms with van der Waals surface area (Å²) >= 11 is 6.30. The Balaban J connectivity index is 1.25. The molecule has 2 aliphatic heterocycles. The van der Waals surface area contributed by atoms with Crippen molar-refractivity contribution in [3.63, 3.8) is 0 Å². The molecule has 2 fully saturated rings.